The first kappa shape index (κ1) is 15.7. The van der Waals surface area contributed by atoms with E-state index < -0.39 is 0 Å². The molecular weight excluding hydrogens is 278 g/mol. The highest BCUT2D eigenvalue weighted by Gasteiger charge is 2.04. The molecule has 22 heavy (non-hydrogen) atoms. The van der Waals surface area contributed by atoms with Crippen LogP contribution in [0, 0.1) is 0 Å². The highest BCUT2D eigenvalue weighted by molar-refractivity contribution is 6.00. The summed E-state index contributed by atoms with van der Waals surface area (Å²) in [6.45, 7) is 2.55. The average Bonchev–Trinajstić information content (AvgIpc) is 2.49. The molecule has 2 N–H and O–H groups in total. The number of nitrogens with zero attached hydrogens (tertiary/aromatic N) is 1. The number of carbonyl (C=O) groups excluding carboxylic acids is 1. The second-order valence-electron chi connectivity index (χ2n) is 4.98. The van der Waals surface area contributed by atoms with Crippen LogP contribution in [0.5, 0.6) is 5.75 Å². The number of anilines is 3. The Labute approximate surface area is 130 Å². The first-order chi connectivity index (χ1) is 10.6. The van der Waals surface area contributed by atoms with Gasteiger partial charge in [-0.05, 0) is 49.4 Å². The molecule has 0 heterocycles. The fourth-order valence-corrected chi connectivity index (χ4v) is 1.96. The van der Waals surface area contributed by atoms with Crippen LogP contribution >= 0.6 is 0 Å². The van der Waals surface area contributed by atoms with Crippen molar-refractivity contribution in [2.24, 2.45) is 0 Å². The SMILES string of the molecule is CCOc1ccc(NC(=O)Nc2cccc(N(C)C)c2)cc1. The summed E-state index contributed by atoms with van der Waals surface area (Å²) in [7, 11) is 3.91. The molecule has 2 aromatic rings. The van der Waals surface area contributed by atoms with Crippen molar-refractivity contribution in [2.45, 2.75) is 6.92 Å². The second-order valence-corrected chi connectivity index (χ2v) is 4.98. The van der Waals surface area contributed by atoms with Gasteiger partial charge in [-0.15, -0.1) is 0 Å². The van der Waals surface area contributed by atoms with Crippen molar-refractivity contribution in [1.82, 2.24) is 0 Å². The van der Waals surface area contributed by atoms with Crippen LogP contribution < -0.4 is 20.3 Å². The number of rotatable bonds is 5. The molecule has 0 atom stereocenters. The molecule has 0 spiro atoms. The van der Waals surface area contributed by atoms with Crippen molar-refractivity contribution >= 4 is 23.1 Å². The van der Waals surface area contributed by atoms with Gasteiger partial charge in [0.1, 0.15) is 5.75 Å². The molecule has 0 aliphatic carbocycles. The van der Waals surface area contributed by atoms with E-state index in [9.17, 15) is 4.79 Å². The Morgan fingerprint density at radius 1 is 1.05 bits per heavy atom. The van der Waals surface area contributed by atoms with Crippen molar-refractivity contribution in [3.8, 4) is 5.75 Å². The van der Waals surface area contributed by atoms with Gasteiger partial charge in [0.05, 0.1) is 6.61 Å². The van der Waals surface area contributed by atoms with Gasteiger partial charge >= 0.3 is 6.03 Å². The molecule has 0 bridgehead atoms. The van der Waals surface area contributed by atoms with E-state index in [1.54, 1.807) is 12.1 Å². The Morgan fingerprint density at radius 3 is 2.36 bits per heavy atom. The number of amides is 2. The zero-order valence-corrected chi connectivity index (χ0v) is 13.1. The number of urea groups is 1. The number of hydrogen-bond acceptors (Lipinski definition) is 3. The third-order valence-corrected chi connectivity index (χ3v) is 3.04. The summed E-state index contributed by atoms with van der Waals surface area (Å²) in [6, 6.07) is 14.6. The second kappa shape index (κ2) is 7.36. The molecule has 0 saturated carbocycles. The summed E-state index contributed by atoms with van der Waals surface area (Å²) >= 11 is 0. The van der Waals surface area contributed by atoms with Crippen molar-refractivity contribution in [1.29, 1.82) is 0 Å². The Morgan fingerprint density at radius 2 is 1.73 bits per heavy atom. The van der Waals surface area contributed by atoms with Crippen LogP contribution in [0.2, 0.25) is 0 Å². The summed E-state index contributed by atoms with van der Waals surface area (Å²) in [5.41, 5.74) is 2.48. The Kier molecular flexibility index (Phi) is 5.25. The van der Waals surface area contributed by atoms with Gasteiger partial charge in [0.25, 0.3) is 0 Å². The Balaban J connectivity index is 1.96. The van der Waals surface area contributed by atoms with Crippen LogP contribution in [0.3, 0.4) is 0 Å². The van der Waals surface area contributed by atoms with Crippen LogP contribution in [0.25, 0.3) is 0 Å². The zero-order chi connectivity index (χ0) is 15.9. The van der Waals surface area contributed by atoms with Crippen LogP contribution in [-0.4, -0.2) is 26.7 Å². The molecular formula is C17H21N3O2. The molecule has 0 saturated heterocycles. The molecule has 2 aromatic carbocycles. The lowest BCUT2D eigenvalue weighted by Crippen LogP contribution is -2.19. The largest absolute Gasteiger partial charge is 0.494 e. The first-order valence-corrected chi connectivity index (χ1v) is 7.16. The standard InChI is InChI=1S/C17H21N3O2/c1-4-22-16-10-8-13(9-11-16)18-17(21)19-14-6-5-7-15(12-14)20(2)3/h5-12H,4H2,1-3H3,(H2,18,19,21). The predicted molar refractivity (Wildman–Crippen MR) is 91.0 cm³/mol. The third kappa shape index (κ3) is 4.41. The van der Waals surface area contributed by atoms with Crippen LogP contribution in [0.1, 0.15) is 6.92 Å². The summed E-state index contributed by atoms with van der Waals surface area (Å²) in [5.74, 6) is 0.784. The van der Waals surface area contributed by atoms with Crippen molar-refractivity contribution < 1.29 is 9.53 Å². The molecule has 0 aliphatic heterocycles. The Bertz CT molecular complexity index is 624. The van der Waals surface area contributed by atoms with Crippen LogP contribution in [-0.2, 0) is 0 Å². The van der Waals surface area contributed by atoms with E-state index in [-0.39, 0.29) is 6.03 Å². The molecule has 0 aromatic heterocycles. The summed E-state index contributed by atoms with van der Waals surface area (Å²) < 4.78 is 5.36. The minimum atomic E-state index is -0.278. The van der Waals surface area contributed by atoms with E-state index in [1.165, 1.54) is 0 Å². The molecule has 5 nitrogen and oxygen atoms in total. The number of carbonyl (C=O) groups is 1. The fourth-order valence-electron chi connectivity index (χ4n) is 1.96. The number of benzene rings is 2. The lowest BCUT2D eigenvalue weighted by Gasteiger charge is -2.14. The molecule has 2 rings (SSSR count). The maximum Gasteiger partial charge on any atom is 0.323 e. The van der Waals surface area contributed by atoms with Gasteiger partial charge in [0.2, 0.25) is 0 Å². The van der Waals surface area contributed by atoms with E-state index in [1.807, 2.05) is 62.3 Å². The average molecular weight is 299 g/mol. The smallest absolute Gasteiger partial charge is 0.323 e. The van der Waals surface area contributed by atoms with Crippen LogP contribution in [0.15, 0.2) is 48.5 Å². The van der Waals surface area contributed by atoms with E-state index in [0.29, 0.717) is 12.3 Å². The number of hydrogen-bond donors (Lipinski definition) is 2. The van der Waals surface area contributed by atoms with Gasteiger partial charge in [0, 0.05) is 31.2 Å². The third-order valence-electron chi connectivity index (χ3n) is 3.04. The van der Waals surface area contributed by atoms with E-state index in [2.05, 4.69) is 10.6 Å². The van der Waals surface area contributed by atoms with Gasteiger partial charge in [-0.2, -0.15) is 0 Å². The normalized spacial score (nSPS) is 9.95. The van der Waals surface area contributed by atoms with Gasteiger partial charge < -0.3 is 20.3 Å². The van der Waals surface area contributed by atoms with Crippen molar-refractivity contribution in [3.63, 3.8) is 0 Å². The summed E-state index contributed by atoms with van der Waals surface area (Å²) in [5, 5.41) is 5.61. The minimum Gasteiger partial charge on any atom is -0.494 e. The molecule has 116 valence electrons. The summed E-state index contributed by atoms with van der Waals surface area (Å²) in [4.78, 5) is 14.0. The molecule has 0 radical (unpaired) electrons. The predicted octanol–water partition coefficient (Wildman–Crippen LogP) is 3.80. The zero-order valence-electron chi connectivity index (χ0n) is 13.1. The van der Waals surface area contributed by atoms with E-state index in [4.69, 9.17) is 4.74 Å². The maximum absolute atomic E-state index is 12.0. The van der Waals surface area contributed by atoms with Crippen LogP contribution in [0.4, 0.5) is 21.9 Å². The maximum atomic E-state index is 12.0. The molecule has 2 amide bonds. The minimum absolute atomic E-state index is 0.278. The lowest BCUT2D eigenvalue weighted by atomic mass is 10.2. The molecule has 0 fully saturated rings. The van der Waals surface area contributed by atoms with E-state index in [0.717, 1.165) is 17.1 Å². The number of nitrogens with one attached hydrogen (secondary N) is 2. The lowest BCUT2D eigenvalue weighted by molar-refractivity contribution is 0.262. The molecule has 5 heteroatoms. The van der Waals surface area contributed by atoms with Crippen molar-refractivity contribution in [3.05, 3.63) is 48.5 Å². The topological polar surface area (TPSA) is 53.6 Å². The van der Waals surface area contributed by atoms with Gasteiger partial charge in [0.15, 0.2) is 0 Å². The number of ether oxygens (including phenoxy) is 1. The van der Waals surface area contributed by atoms with Gasteiger partial charge in [-0.1, -0.05) is 6.07 Å². The highest BCUT2D eigenvalue weighted by Crippen LogP contribution is 2.18. The highest BCUT2D eigenvalue weighted by atomic mass is 16.5. The Hall–Kier alpha value is -2.69. The quantitative estimate of drug-likeness (QED) is 0.883. The first-order valence-electron chi connectivity index (χ1n) is 7.16. The van der Waals surface area contributed by atoms with E-state index >= 15 is 0 Å². The van der Waals surface area contributed by atoms with Crippen molar-refractivity contribution in [2.75, 3.05) is 36.2 Å². The van der Waals surface area contributed by atoms with Gasteiger partial charge in [-0.25, -0.2) is 4.79 Å². The molecule has 0 unspecified atom stereocenters. The van der Waals surface area contributed by atoms with Gasteiger partial charge in [-0.3, -0.25) is 0 Å². The molecule has 0 aliphatic rings. The monoisotopic (exact) mass is 299 g/mol. The summed E-state index contributed by atoms with van der Waals surface area (Å²) in [6.07, 6.45) is 0. The fraction of sp³-hybridized carbons (Fsp3) is 0.235.